The minimum atomic E-state index is -2.57. The Bertz CT molecular complexity index is 472. The molecule has 0 saturated heterocycles. The van der Waals surface area contributed by atoms with Crippen LogP contribution in [0.4, 0.5) is 20.2 Å². The number of carbonyl (C=O) groups excluding carboxylic acids is 1. The lowest BCUT2D eigenvalue weighted by Crippen LogP contribution is -2.38. The van der Waals surface area contributed by atoms with Gasteiger partial charge in [0.2, 0.25) is 5.91 Å². The van der Waals surface area contributed by atoms with Gasteiger partial charge in [0.1, 0.15) is 5.75 Å². The summed E-state index contributed by atoms with van der Waals surface area (Å²) in [5, 5.41) is 11.4. The summed E-state index contributed by atoms with van der Waals surface area (Å²) in [7, 11) is 1.43. The van der Waals surface area contributed by atoms with Gasteiger partial charge in [-0.15, -0.1) is 0 Å². The molecule has 0 fully saturated rings. The van der Waals surface area contributed by atoms with Crippen LogP contribution < -0.4 is 15.8 Å². The Kier molecular flexibility index (Phi) is 6.83. The van der Waals surface area contributed by atoms with E-state index in [0.29, 0.717) is 17.1 Å². The van der Waals surface area contributed by atoms with Crippen molar-refractivity contribution in [2.45, 2.75) is 6.43 Å². The van der Waals surface area contributed by atoms with Crippen LogP contribution in [0.2, 0.25) is 0 Å². The number of nitrogens with two attached hydrogens (primary N) is 1. The number of halogens is 2. The number of hydrogen-bond acceptors (Lipinski definition) is 5. The van der Waals surface area contributed by atoms with Gasteiger partial charge in [-0.3, -0.25) is 9.69 Å². The van der Waals surface area contributed by atoms with Crippen molar-refractivity contribution in [3.8, 4) is 5.75 Å². The lowest BCUT2D eigenvalue weighted by Gasteiger charge is -2.20. The minimum Gasteiger partial charge on any atom is -0.494 e. The normalized spacial score (nSPS) is 11.0. The van der Waals surface area contributed by atoms with E-state index in [1.807, 2.05) is 0 Å². The lowest BCUT2D eigenvalue weighted by molar-refractivity contribution is -0.117. The number of amides is 1. The van der Waals surface area contributed by atoms with Crippen LogP contribution in [0.3, 0.4) is 0 Å². The number of aliphatic hydroxyl groups excluding tert-OH is 1. The fourth-order valence-electron chi connectivity index (χ4n) is 1.78. The van der Waals surface area contributed by atoms with E-state index >= 15 is 0 Å². The number of nitrogens with zero attached hydrogens (tertiary/aromatic N) is 1. The molecule has 0 saturated carbocycles. The summed E-state index contributed by atoms with van der Waals surface area (Å²) >= 11 is 0. The van der Waals surface area contributed by atoms with E-state index in [4.69, 9.17) is 15.6 Å². The highest BCUT2D eigenvalue weighted by molar-refractivity contribution is 5.94. The Hall–Kier alpha value is -1.93. The summed E-state index contributed by atoms with van der Waals surface area (Å²) in [6, 6.07) is 4.69. The molecule has 1 amide bonds. The van der Waals surface area contributed by atoms with E-state index < -0.39 is 18.9 Å². The SMILES string of the molecule is COc1cc(N)ccc1NC(=O)CN(CCO)CC(F)F. The molecule has 21 heavy (non-hydrogen) atoms. The Morgan fingerprint density at radius 3 is 2.81 bits per heavy atom. The molecule has 0 spiro atoms. The molecule has 0 aromatic heterocycles. The average molecular weight is 303 g/mol. The topological polar surface area (TPSA) is 87.8 Å². The fourth-order valence-corrected chi connectivity index (χ4v) is 1.78. The molecule has 0 bridgehead atoms. The Morgan fingerprint density at radius 1 is 1.52 bits per heavy atom. The third-order valence-corrected chi connectivity index (χ3v) is 2.68. The van der Waals surface area contributed by atoms with Crippen LogP contribution in [0, 0.1) is 0 Å². The predicted octanol–water partition coefficient (Wildman–Crippen LogP) is 0.775. The highest BCUT2D eigenvalue weighted by Crippen LogP contribution is 2.26. The van der Waals surface area contributed by atoms with Crippen molar-refractivity contribution in [1.29, 1.82) is 0 Å². The second-order valence-electron chi connectivity index (χ2n) is 4.36. The molecule has 8 heteroatoms. The second kappa shape index (κ2) is 8.38. The molecule has 1 aromatic rings. The molecule has 0 unspecified atom stereocenters. The number of alkyl halides is 2. The molecule has 0 aliphatic heterocycles. The first-order chi connectivity index (χ1) is 9.96. The zero-order chi connectivity index (χ0) is 15.8. The van der Waals surface area contributed by atoms with Gasteiger partial charge in [0.15, 0.2) is 0 Å². The van der Waals surface area contributed by atoms with Gasteiger partial charge in [0.25, 0.3) is 6.43 Å². The van der Waals surface area contributed by atoms with Crippen LogP contribution in [0.15, 0.2) is 18.2 Å². The van der Waals surface area contributed by atoms with Crippen LogP contribution in [0.1, 0.15) is 0 Å². The zero-order valence-corrected chi connectivity index (χ0v) is 11.7. The van der Waals surface area contributed by atoms with Gasteiger partial charge >= 0.3 is 0 Å². The van der Waals surface area contributed by atoms with Gasteiger partial charge in [0.05, 0.1) is 32.5 Å². The minimum absolute atomic E-state index is 0.00334. The summed E-state index contributed by atoms with van der Waals surface area (Å²) in [6.45, 7) is -1.13. The standard InChI is InChI=1S/C13H19F2N3O3/c1-21-11-6-9(16)2-3-10(11)17-13(20)8-18(4-5-19)7-12(14)15/h2-3,6,12,19H,4-5,7-8,16H2,1H3,(H,17,20). The van der Waals surface area contributed by atoms with Gasteiger partial charge in [-0.2, -0.15) is 0 Å². The second-order valence-corrected chi connectivity index (χ2v) is 4.36. The monoisotopic (exact) mass is 303 g/mol. The van der Waals surface area contributed by atoms with Gasteiger partial charge in [0, 0.05) is 18.3 Å². The van der Waals surface area contributed by atoms with Crippen molar-refractivity contribution in [3.05, 3.63) is 18.2 Å². The van der Waals surface area contributed by atoms with E-state index in [0.717, 1.165) is 0 Å². The summed E-state index contributed by atoms with van der Waals surface area (Å²) in [6.07, 6.45) is -2.57. The largest absolute Gasteiger partial charge is 0.494 e. The van der Waals surface area contributed by atoms with E-state index in [2.05, 4.69) is 5.32 Å². The summed E-state index contributed by atoms with van der Waals surface area (Å²) < 4.78 is 29.8. The Morgan fingerprint density at radius 2 is 2.24 bits per heavy atom. The third kappa shape index (κ3) is 5.92. The maximum absolute atomic E-state index is 12.4. The average Bonchev–Trinajstić information content (AvgIpc) is 2.40. The van der Waals surface area contributed by atoms with Gasteiger partial charge in [-0.25, -0.2) is 8.78 Å². The number of aliphatic hydroxyl groups is 1. The van der Waals surface area contributed by atoms with Crippen LogP contribution in [-0.2, 0) is 4.79 Å². The number of ether oxygens (including phenoxy) is 1. The number of nitrogen functional groups attached to an aromatic ring is 1. The molecular weight excluding hydrogens is 284 g/mol. The molecule has 0 aliphatic carbocycles. The molecule has 0 heterocycles. The number of nitrogens with one attached hydrogen (secondary N) is 1. The van der Waals surface area contributed by atoms with Crippen molar-refractivity contribution in [1.82, 2.24) is 4.90 Å². The summed E-state index contributed by atoms with van der Waals surface area (Å²) in [5.74, 6) is -0.0990. The summed E-state index contributed by atoms with van der Waals surface area (Å²) in [5.41, 5.74) is 6.47. The first-order valence-corrected chi connectivity index (χ1v) is 6.31. The maximum atomic E-state index is 12.4. The van der Waals surface area contributed by atoms with Crippen LogP contribution >= 0.6 is 0 Å². The molecular formula is C13H19F2N3O3. The van der Waals surface area contributed by atoms with Gasteiger partial charge in [-0.05, 0) is 12.1 Å². The van der Waals surface area contributed by atoms with Gasteiger partial charge < -0.3 is 20.9 Å². The van der Waals surface area contributed by atoms with E-state index in [9.17, 15) is 13.6 Å². The summed E-state index contributed by atoms with van der Waals surface area (Å²) in [4.78, 5) is 13.0. The smallest absolute Gasteiger partial charge is 0.251 e. The Balaban J connectivity index is 2.67. The predicted molar refractivity (Wildman–Crippen MR) is 75.6 cm³/mol. The highest BCUT2D eigenvalue weighted by atomic mass is 19.3. The van der Waals surface area contributed by atoms with E-state index in [1.165, 1.54) is 12.0 Å². The van der Waals surface area contributed by atoms with Crippen LogP contribution in [0.25, 0.3) is 0 Å². The number of anilines is 2. The number of carbonyl (C=O) groups is 1. The molecule has 1 rings (SSSR count). The zero-order valence-electron chi connectivity index (χ0n) is 11.7. The molecule has 1 aromatic carbocycles. The number of hydrogen-bond donors (Lipinski definition) is 3. The van der Waals surface area contributed by atoms with E-state index in [1.54, 1.807) is 18.2 Å². The number of benzene rings is 1. The quantitative estimate of drug-likeness (QED) is 0.618. The number of methoxy groups -OCH3 is 1. The van der Waals surface area contributed by atoms with Crippen molar-refractivity contribution in [3.63, 3.8) is 0 Å². The maximum Gasteiger partial charge on any atom is 0.251 e. The van der Waals surface area contributed by atoms with Crippen LogP contribution in [0.5, 0.6) is 5.75 Å². The highest BCUT2D eigenvalue weighted by Gasteiger charge is 2.16. The van der Waals surface area contributed by atoms with Crippen molar-refractivity contribution in [2.75, 3.05) is 44.4 Å². The van der Waals surface area contributed by atoms with Crippen molar-refractivity contribution >= 4 is 17.3 Å². The molecule has 0 radical (unpaired) electrons. The van der Waals surface area contributed by atoms with Crippen molar-refractivity contribution in [2.24, 2.45) is 0 Å². The first-order valence-electron chi connectivity index (χ1n) is 6.31. The van der Waals surface area contributed by atoms with E-state index in [-0.39, 0.29) is 19.7 Å². The molecule has 6 nitrogen and oxygen atoms in total. The number of rotatable bonds is 8. The Labute approximate surface area is 121 Å². The third-order valence-electron chi connectivity index (χ3n) is 2.68. The fraction of sp³-hybridized carbons (Fsp3) is 0.462. The molecule has 0 aliphatic rings. The lowest BCUT2D eigenvalue weighted by atomic mass is 10.2. The molecule has 118 valence electrons. The van der Waals surface area contributed by atoms with Crippen molar-refractivity contribution < 1.29 is 23.4 Å². The van der Waals surface area contributed by atoms with Gasteiger partial charge in [-0.1, -0.05) is 0 Å². The van der Waals surface area contributed by atoms with Crippen LogP contribution in [-0.4, -0.2) is 55.7 Å². The molecule has 0 atom stereocenters. The first kappa shape index (κ1) is 17.1. The molecule has 4 N–H and O–H groups in total.